The van der Waals surface area contributed by atoms with E-state index in [4.69, 9.17) is 17.3 Å². The number of carbonyl (C=O) groups is 1. The Morgan fingerprint density at radius 1 is 1.26 bits per heavy atom. The molecule has 0 spiro atoms. The van der Waals surface area contributed by atoms with E-state index in [1.54, 1.807) is 17.8 Å². The van der Waals surface area contributed by atoms with Crippen molar-refractivity contribution in [3.8, 4) is 0 Å². The molecule has 2 aromatic rings. The third kappa shape index (κ3) is 3.89. The van der Waals surface area contributed by atoms with Crippen molar-refractivity contribution in [3.63, 3.8) is 0 Å². The van der Waals surface area contributed by atoms with Gasteiger partial charge in [0.1, 0.15) is 0 Å². The maximum Gasteiger partial charge on any atom is 0.255 e. The van der Waals surface area contributed by atoms with Crippen molar-refractivity contribution in [1.82, 2.24) is 4.90 Å². The molecule has 1 amide bonds. The highest BCUT2D eigenvalue weighted by atomic mass is 35.5. The first-order chi connectivity index (χ1) is 11.2. The van der Waals surface area contributed by atoms with E-state index in [1.807, 2.05) is 47.4 Å². The largest absolute Gasteiger partial charge is 0.338 e. The van der Waals surface area contributed by atoms with Crippen molar-refractivity contribution >= 4 is 29.3 Å². The quantitative estimate of drug-likeness (QED) is 0.912. The number of nitrogens with zero attached hydrogens (tertiary/aromatic N) is 1. The van der Waals surface area contributed by atoms with Gasteiger partial charge >= 0.3 is 0 Å². The zero-order chi connectivity index (χ0) is 16.2. The molecular formula is C18H19ClN2OS. The standard InChI is InChI=1S/C18H19ClN2OS/c19-14-6-7-17(23-15-4-2-1-3-5-15)16(10-14)18(22)21-9-8-13(11-20)12-21/h1-7,10,13H,8-9,11-12,20H2. The van der Waals surface area contributed by atoms with Gasteiger partial charge in [-0.1, -0.05) is 41.6 Å². The maximum atomic E-state index is 12.9. The van der Waals surface area contributed by atoms with Gasteiger partial charge in [-0.05, 0) is 49.2 Å². The predicted octanol–water partition coefficient (Wildman–Crippen LogP) is 3.91. The number of nitrogens with two attached hydrogens (primary N) is 1. The van der Waals surface area contributed by atoms with E-state index < -0.39 is 0 Å². The molecule has 1 saturated heterocycles. The van der Waals surface area contributed by atoms with Crippen LogP contribution in [0.1, 0.15) is 16.8 Å². The van der Waals surface area contributed by atoms with Gasteiger partial charge in [0.15, 0.2) is 0 Å². The zero-order valence-corrected chi connectivity index (χ0v) is 14.3. The summed E-state index contributed by atoms with van der Waals surface area (Å²) in [5, 5.41) is 0.584. The number of carbonyl (C=O) groups excluding carboxylic acids is 1. The molecule has 1 unspecified atom stereocenters. The SMILES string of the molecule is NCC1CCN(C(=O)c2cc(Cl)ccc2Sc2ccccc2)C1. The summed E-state index contributed by atoms with van der Waals surface area (Å²) < 4.78 is 0. The minimum atomic E-state index is 0.0434. The molecule has 3 rings (SSSR count). The van der Waals surface area contributed by atoms with Gasteiger partial charge in [0.2, 0.25) is 0 Å². The molecule has 0 aromatic heterocycles. The van der Waals surface area contributed by atoms with Gasteiger partial charge in [-0.2, -0.15) is 0 Å². The smallest absolute Gasteiger partial charge is 0.255 e. The highest BCUT2D eigenvalue weighted by Crippen LogP contribution is 2.33. The molecular weight excluding hydrogens is 328 g/mol. The summed E-state index contributed by atoms with van der Waals surface area (Å²) in [4.78, 5) is 16.8. The number of hydrogen-bond donors (Lipinski definition) is 1. The van der Waals surface area contributed by atoms with Crippen LogP contribution in [0.2, 0.25) is 5.02 Å². The van der Waals surface area contributed by atoms with Crippen molar-refractivity contribution in [2.24, 2.45) is 11.7 Å². The highest BCUT2D eigenvalue weighted by molar-refractivity contribution is 7.99. The first kappa shape index (κ1) is 16.4. The summed E-state index contributed by atoms with van der Waals surface area (Å²) in [5.41, 5.74) is 6.40. The van der Waals surface area contributed by atoms with E-state index in [0.29, 0.717) is 23.0 Å². The fraction of sp³-hybridized carbons (Fsp3) is 0.278. The van der Waals surface area contributed by atoms with E-state index in [9.17, 15) is 4.79 Å². The molecule has 0 bridgehead atoms. The zero-order valence-electron chi connectivity index (χ0n) is 12.7. The number of rotatable bonds is 4. The fourth-order valence-corrected chi connectivity index (χ4v) is 3.87. The average Bonchev–Trinajstić information content (AvgIpc) is 3.06. The van der Waals surface area contributed by atoms with Crippen LogP contribution in [0.5, 0.6) is 0 Å². The lowest BCUT2D eigenvalue weighted by Gasteiger charge is -2.18. The molecule has 2 aromatic carbocycles. The van der Waals surface area contributed by atoms with Gasteiger partial charge in [0.05, 0.1) is 5.56 Å². The normalized spacial score (nSPS) is 17.5. The van der Waals surface area contributed by atoms with Crippen LogP contribution in [-0.4, -0.2) is 30.4 Å². The van der Waals surface area contributed by atoms with Crippen molar-refractivity contribution in [1.29, 1.82) is 0 Å². The maximum absolute atomic E-state index is 12.9. The van der Waals surface area contributed by atoms with Crippen LogP contribution in [-0.2, 0) is 0 Å². The van der Waals surface area contributed by atoms with E-state index in [0.717, 1.165) is 29.3 Å². The molecule has 23 heavy (non-hydrogen) atoms. The summed E-state index contributed by atoms with van der Waals surface area (Å²) in [5.74, 6) is 0.449. The number of benzene rings is 2. The Hall–Kier alpha value is -1.49. The summed E-state index contributed by atoms with van der Waals surface area (Å²) in [6, 6.07) is 15.6. The summed E-state index contributed by atoms with van der Waals surface area (Å²) >= 11 is 7.71. The minimum Gasteiger partial charge on any atom is -0.338 e. The lowest BCUT2D eigenvalue weighted by atomic mass is 10.1. The predicted molar refractivity (Wildman–Crippen MR) is 95.1 cm³/mol. The Balaban J connectivity index is 1.86. The van der Waals surface area contributed by atoms with Crippen LogP contribution < -0.4 is 5.73 Å². The molecule has 120 valence electrons. The Morgan fingerprint density at radius 3 is 2.74 bits per heavy atom. The molecule has 0 radical (unpaired) electrons. The molecule has 0 saturated carbocycles. The molecule has 3 nitrogen and oxygen atoms in total. The number of halogens is 1. The Morgan fingerprint density at radius 2 is 2.04 bits per heavy atom. The number of amides is 1. The molecule has 5 heteroatoms. The molecule has 0 aliphatic carbocycles. The Kier molecular flexibility index (Phi) is 5.26. The second-order valence-corrected chi connectivity index (χ2v) is 7.25. The van der Waals surface area contributed by atoms with Gasteiger partial charge in [-0.15, -0.1) is 0 Å². The third-order valence-corrected chi connectivity index (χ3v) is 5.37. The average molecular weight is 347 g/mol. The Bertz CT molecular complexity index is 693. The van der Waals surface area contributed by atoms with E-state index in [-0.39, 0.29) is 5.91 Å². The van der Waals surface area contributed by atoms with Crippen molar-refractivity contribution in [2.75, 3.05) is 19.6 Å². The van der Waals surface area contributed by atoms with Gasteiger partial charge in [-0.25, -0.2) is 0 Å². The van der Waals surface area contributed by atoms with Crippen molar-refractivity contribution in [2.45, 2.75) is 16.2 Å². The van der Waals surface area contributed by atoms with Gasteiger partial charge in [0.25, 0.3) is 5.91 Å². The lowest BCUT2D eigenvalue weighted by molar-refractivity contribution is 0.0784. The second-order valence-electron chi connectivity index (χ2n) is 5.70. The lowest BCUT2D eigenvalue weighted by Crippen LogP contribution is -2.30. The van der Waals surface area contributed by atoms with Crippen LogP contribution >= 0.6 is 23.4 Å². The van der Waals surface area contributed by atoms with E-state index >= 15 is 0 Å². The topological polar surface area (TPSA) is 46.3 Å². The van der Waals surface area contributed by atoms with Gasteiger partial charge < -0.3 is 10.6 Å². The fourth-order valence-electron chi connectivity index (χ4n) is 2.75. The third-order valence-electron chi connectivity index (χ3n) is 4.05. The van der Waals surface area contributed by atoms with E-state index in [1.165, 1.54) is 0 Å². The summed E-state index contributed by atoms with van der Waals surface area (Å²) in [7, 11) is 0. The Labute approximate surface area is 145 Å². The summed E-state index contributed by atoms with van der Waals surface area (Å²) in [6.07, 6.45) is 0.976. The van der Waals surface area contributed by atoms with Gasteiger partial charge in [0, 0.05) is 27.9 Å². The molecule has 1 aliphatic rings. The molecule has 1 heterocycles. The van der Waals surface area contributed by atoms with Crippen LogP contribution in [0, 0.1) is 5.92 Å². The summed E-state index contributed by atoms with van der Waals surface area (Å²) in [6.45, 7) is 2.13. The molecule has 1 atom stereocenters. The van der Waals surface area contributed by atoms with E-state index in [2.05, 4.69) is 0 Å². The first-order valence-electron chi connectivity index (χ1n) is 7.69. The minimum absolute atomic E-state index is 0.0434. The van der Waals surface area contributed by atoms with Crippen LogP contribution in [0.25, 0.3) is 0 Å². The highest BCUT2D eigenvalue weighted by Gasteiger charge is 2.27. The van der Waals surface area contributed by atoms with Crippen molar-refractivity contribution < 1.29 is 4.79 Å². The molecule has 1 aliphatic heterocycles. The van der Waals surface area contributed by atoms with Crippen LogP contribution in [0.4, 0.5) is 0 Å². The number of likely N-dealkylation sites (tertiary alicyclic amines) is 1. The first-order valence-corrected chi connectivity index (χ1v) is 8.88. The van der Waals surface area contributed by atoms with Gasteiger partial charge in [-0.3, -0.25) is 4.79 Å². The van der Waals surface area contributed by atoms with Crippen LogP contribution in [0.3, 0.4) is 0 Å². The number of hydrogen-bond acceptors (Lipinski definition) is 3. The molecule has 1 fully saturated rings. The monoisotopic (exact) mass is 346 g/mol. The van der Waals surface area contributed by atoms with Crippen molar-refractivity contribution in [3.05, 3.63) is 59.1 Å². The van der Waals surface area contributed by atoms with Crippen LogP contribution in [0.15, 0.2) is 58.3 Å². The second kappa shape index (κ2) is 7.39. The molecule has 2 N–H and O–H groups in total.